The van der Waals surface area contributed by atoms with Crippen LogP contribution in [0.3, 0.4) is 0 Å². The summed E-state index contributed by atoms with van der Waals surface area (Å²) in [5, 5.41) is 0. The standard InChI is InChI=1S/C21H23NO3/c1-2-13-23-14-21-15-24-19(17-9-5-3-6-10-17)22(21)20(25-16-21)18-11-7-4-8-12-18/h2-12,19-20H,1,13-16H2. The summed E-state index contributed by atoms with van der Waals surface area (Å²) in [5.41, 5.74) is 2.00. The third-order valence-electron chi connectivity index (χ3n) is 4.85. The van der Waals surface area contributed by atoms with Crippen LogP contribution in [0.5, 0.6) is 0 Å². The first-order chi connectivity index (χ1) is 12.3. The summed E-state index contributed by atoms with van der Waals surface area (Å²) < 4.78 is 18.3. The van der Waals surface area contributed by atoms with E-state index in [1.165, 1.54) is 0 Å². The first-order valence-electron chi connectivity index (χ1n) is 8.64. The number of nitrogens with zero attached hydrogens (tertiary/aromatic N) is 1. The quantitative estimate of drug-likeness (QED) is 0.594. The van der Waals surface area contributed by atoms with Crippen LogP contribution in [0.2, 0.25) is 0 Å². The fourth-order valence-electron chi connectivity index (χ4n) is 3.68. The van der Waals surface area contributed by atoms with Crippen LogP contribution >= 0.6 is 0 Å². The molecule has 2 saturated heterocycles. The van der Waals surface area contributed by atoms with Crippen LogP contribution < -0.4 is 0 Å². The van der Waals surface area contributed by atoms with Gasteiger partial charge in [-0.05, 0) is 11.1 Å². The van der Waals surface area contributed by atoms with Gasteiger partial charge in [0.25, 0.3) is 0 Å². The van der Waals surface area contributed by atoms with Gasteiger partial charge in [0.2, 0.25) is 0 Å². The van der Waals surface area contributed by atoms with Crippen LogP contribution in [0.15, 0.2) is 73.3 Å². The van der Waals surface area contributed by atoms with Gasteiger partial charge in [-0.1, -0.05) is 66.7 Å². The first kappa shape index (κ1) is 16.5. The largest absolute Gasteiger partial charge is 0.375 e. The molecular weight excluding hydrogens is 314 g/mol. The zero-order valence-electron chi connectivity index (χ0n) is 14.2. The van der Waals surface area contributed by atoms with Crippen LogP contribution in [0.4, 0.5) is 0 Å². The third kappa shape index (κ3) is 3.02. The number of hydrogen-bond donors (Lipinski definition) is 0. The maximum absolute atomic E-state index is 6.23. The van der Waals surface area contributed by atoms with Gasteiger partial charge in [0.1, 0.15) is 12.5 Å². The molecule has 0 aromatic heterocycles. The maximum atomic E-state index is 6.23. The van der Waals surface area contributed by atoms with Crippen molar-refractivity contribution in [2.24, 2.45) is 0 Å². The van der Waals surface area contributed by atoms with Crippen molar-refractivity contribution in [2.45, 2.75) is 18.0 Å². The number of hydrogen-bond acceptors (Lipinski definition) is 4. The maximum Gasteiger partial charge on any atom is 0.139 e. The smallest absolute Gasteiger partial charge is 0.139 e. The minimum absolute atomic E-state index is 0.138. The molecule has 4 heteroatoms. The molecule has 2 atom stereocenters. The van der Waals surface area contributed by atoms with E-state index < -0.39 is 0 Å². The average molecular weight is 337 g/mol. The third-order valence-corrected chi connectivity index (χ3v) is 4.85. The fraction of sp³-hybridized carbons (Fsp3) is 0.333. The first-order valence-corrected chi connectivity index (χ1v) is 8.64. The van der Waals surface area contributed by atoms with Gasteiger partial charge in [0, 0.05) is 0 Å². The summed E-state index contributed by atoms with van der Waals surface area (Å²) in [6.45, 7) is 6.00. The van der Waals surface area contributed by atoms with Crippen LogP contribution in [0.1, 0.15) is 23.6 Å². The molecule has 2 heterocycles. The van der Waals surface area contributed by atoms with Crippen molar-refractivity contribution in [1.82, 2.24) is 4.90 Å². The number of fused-ring (bicyclic) bond motifs is 1. The van der Waals surface area contributed by atoms with Crippen molar-refractivity contribution >= 4 is 0 Å². The van der Waals surface area contributed by atoms with E-state index >= 15 is 0 Å². The predicted molar refractivity (Wildman–Crippen MR) is 95.9 cm³/mol. The Morgan fingerprint density at radius 1 is 0.960 bits per heavy atom. The van der Waals surface area contributed by atoms with Gasteiger partial charge in [-0.2, -0.15) is 0 Å². The molecule has 0 aliphatic carbocycles. The number of ether oxygens (including phenoxy) is 3. The van der Waals surface area contributed by atoms with E-state index in [0.717, 1.165) is 11.1 Å². The molecule has 4 nitrogen and oxygen atoms in total. The van der Waals surface area contributed by atoms with Gasteiger partial charge >= 0.3 is 0 Å². The highest BCUT2D eigenvalue weighted by atomic mass is 16.6. The summed E-state index contributed by atoms with van der Waals surface area (Å²) in [6, 6.07) is 20.6. The molecule has 0 spiro atoms. The number of benzene rings is 2. The Morgan fingerprint density at radius 3 is 1.96 bits per heavy atom. The summed E-state index contributed by atoms with van der Waals surface area (Å²) in [5.74, 6) is 0. The Morgan fingerprint density at radius 2 is 1.48 bits per heavy atom. The van der Waals surface area contributed by atoms with Crippen LogP contribution in [0.25, 0.3) is 0 Å². The van der Waals surface area contributed by atoms with Crippen LogP contribution in [-0.4, -0.2) is 36.9 Å². The van der Waals surface area contributed by atoms with Gasteiger partial charge in [-0.25, -0.2) is 4.90 Å². The lowest BCUT2D eigenvalue weighted by atomic mass is 10.0. The van der Waals surface area contributed by atoms with Crippen molar-refractivity contribution in [2.75, 3.05) is 26.4 Å². The molecule has 0 bridgehead atoms. The highest BCUT2D eigenvalue weighted by molar-refractivity contribution is 5.25. The van der Waals surface area contributed by atoms with Crippen LogP contribution in [-0.2, 0) is 14.2 Å². The Hall–Kier alpha value is -1.98. The molecule has 0 saturated carbocycles. The topological polar surface area (TPSA) is 30.9 Å². The molecule has 0 radical (unpaired) electrons. The monoisotopic (exact) mass is 337 g/mol. The zero-order valence-corrected chi connectivity index (χ0v) is 14.2. The van der Waals surface area contributed by atoms with Gasteiger partial charge in [0.05, 0.1) is 32.0 Å². The van der Waals surface area contributed by atoms with Gasteiger partial charge in [-0.3, -0.25) is 0 Å². The fourth-order valence-corrected chi connectivity index (χ4v) is 3.68. The Kier molecular flexibility index (Phi) is 4.68. The van der Waals surface area contributed by atoms with Gasteiger partial charge < -0.3 is 14.2 Å². The Balaban J connectivity index is 1.68. The Bertz CT molecular complexity index is 652. The van der Waals surface area contributed by atoms with Crippen molar-refractivity contribution in [3.63, 3.8) is 0 Å². The average Bonchev–Trinajstić information content (AvgIpc) is 3.21. The normalized spacial score (nSPS) is 28.8. The van der Waals surface area contributed by atoms with Crippen LogP contribution in [0, 0.1) is 0 Å². The molecule has 130 valence electrons. The molecule has 2 aliphatic rings. The van der Waals surface area contributed by atoms with E-state index in [0.29, 0.717) is 26.4 Å². The summed E-state index contributed by atoms with van der Waals surface area (Å²) in [7, 11) is 0. The second-order valence-electron chi connectivity index (χ2n) is 6.58. The highest BCUT2D eigenvalue weighted by Gasteiger charge is 2.56. The molecule has 0 amide bonds. The zero-order chi connectivity index (χ0) is 17.1. The molecular formula is C21H23NO3. The molecule has 2 unspecified atom stereocenters. The van der Waals surface area contributed by atoms with E-state index in [-0.39, 0.29) is 18.0 Å². The molecule has 2 aromatic rings. The minimum Gasteiger partial charge on any atom is -0.375 e. The second-order valence-corrected chi connectivity index (χ2v) is 6.58. The molecule has 2 aromatic carbocycles. The van der Waals surface area contributed by atoms with Crippen molar-refractivity contribution in [1.29, 1.82) is 0 Å². The summed E-state index contributed by atoms with van der Waals surface area (Å²) in [4.78, 5) is 2.33. The Labute approximate surface area is 148 Å². The highest BCUT2D eigenvalue weighted by Crippen LogP contribution is 2.48. The summed E-state index contributed by atoms with van der Waals surface area (Å²) in [6.07, 6.45) is 1.50. The predicted octanol–water partition coefficient (Wildman–Crippen LogP) is 3.69. The van der Waals surface area contributed by atoms with E-state index in [2.05, 4.69) is 35.7 Å². The molecule has 2 aliphatic heterocycles. The second kappa shape index (κ2) is 7.10. The van der Waals surface area contributed by atoms with Crippen molar-refractivity contribution < 1.29 is 14.2 Å². The van der Waals surface area contributed by atoms with Crippen molar-refractivity contribution in [3.8, 4) is 0 Å². The van der Waals surface area contributed by atoms with Gasteiger partial charge in [0.15, 0.2) is 0 Å². The molecule has 0 N–H and O–H groups in total. The summed E-state index contributed by atoms with van der Waals surface area (Å²) >= 11 is 0. The lowest BCUT2D eigenvalue weighted by Crippen LogP contribution is -2.48. The number of rotatable bonds is 6. The molecule has 2 fully saturated rings. The van der Waals surface area contributed by atoms with E-state index in [9.17, 15) is 0 Å². The minimum atomic E-state index is -0.274. The SMILES string of the molecule is C=CCOCC12COC(c3ccccc3)N1C(c1ccccc1)OC2. The van der Waals surface area contributed by atoms with E-state index in [1.54, 1.807) is 6.08 Å². The lowest BCUT2D eigenvalue weighted by molar-refractivity contribution is -0.0638. The van der Waals surface area contributed by atoms with Gasteiger partial charge in [-0.15, -0.1) is 6.58 Å². The van der Waals surface area contributed by atoms with Crippen molar-refractivity contribution in [3.05, 3.63) is 84.4 Å². The molecule has 4 rings (SSSR count). The lowest BCUT2D eigenvalue weighted by Gasteiger charge is -2.34. The molecule has 25 heavy (non-hydrogen) atoms. The van der Waals surface area contributed by atoms with E-state index in [4.69, 9.17) is 14.2 Å². The van der Waals surface area contributed by atoms with E-state index in [1.807, 2.05) is 36.4 Å².